The monoisotopic (exact) mass is 362 g/mol. The number of ketones is 2. The number of hydrogen-bond donors (Lipinski definition) is 0. The summed E-state index contributed by atoms with van der Waals surface area (Å²) < 4.78 is 14.3. The fourth-order valence-corrected chi connectivity index (χ4v) is 8.45. The second kappa shape index (κ2) is 4.99. The smallest absolute Gasteiger partial charge is 0.173 e. The fraction of sp³-hybridized carbons (Fsp3) is 0.810. The van der Waals surface area contributed by atoms with Crippen LogP contribution in [-0.2, 0) is 9.59 Å². The summed E-state index contributed by atoms with van der Waals surface area (Å²) in [7, 11) is 0. The molecule has 0 radical (unpaired) electrons. The van der Waals surface area contributed by atoms with Crippen molar-refractivity contribution in [2.24, 2.45) is 40.4 Å². The van der Waals surface area contributed by atoms with E-state index in [9.17, 15) is 14.0 Å². The predicted octanol–water partition coefficient (Wildman–Crippen LogP) is 4.58. The van der Waals surface area contributed by atoms with Gasteiger partial charge in [0.15, 0.2) is 17.7 Å². The Labute approximate surface area is 153 Å². The molecule has 1 unspecified atom stereocenters. The van der Waals surface area contributed by atoms with Gasteiger partial charge in [-0.3, -0.25) is 9.59 Å². The minimum atomic E-state index is -1.25. The Morgan fingerprint density at radius 1 is 1.08 bits per heavy atom. The van der Waals surface area contributed by atoms with Crippen LogP contribution in [0, 0.1) is 40.4 Å². The maximum atomic E-state index is 14.3. The Bertz CT molecular complexity index is 715. The Hall–Kier alpha value is -0.640. The zero-order chi connectivity index (χ0) is 17.7. The molecule has 0 saturated heterocycles. The van der Waals surface area contributed by atoms with E-state index in [1.165, 1.54) is 5.57 Å². The van der Waals surface area contributed by atoms with Gasteiger partial charge in [-0.15, -0.1) is 11.8 Å². The molecule has 0 spiro atoms. The molecule has 0 amide bonds. The van der Waals surface area contributed by atoms with E-state index < -0.39 is 11.6 Å². The first-order valence-corrected chi connectivity index (χ1v) is 11.1. The lowest BCUT2D eigenvalue weighted by molar-refractivity contribution is -0.135. The number of halogens is 1. The van der Waals surface area contributed by atoms with Crippen molar-refractivity contribution in [3.8, 4) is 0 Å². The third-order valence-corrected chi connectivity index (χ3v) is 9.74. The maximum Gasteiger partial charge on any atom is 0.173 e. The van der Waals surface area contributed by atoms with E-state index in [1.807, 2.05) is 13.2 Å². The molecule has 0 heterocycles. The second-order valence-electron chi connectivity index (χ2n) is 9.55. The largest absolute Gasteiger partial charge is 0.296 e. The van der Waals surface area contributed by atoms with E-state index in [0.29, 0.717) is 30.0 Å². The molecule has 4 saturated carbocycles. The first-order chi connectivity index (χ1) is 11.8. The highest BCUT2D eigenvalue weighted by Crippen LogP contribution is 2.72. The highest BCUT2D eigenvalue weighted by Gasteiger charge is 2.68. The molecule has 136 valence electrons. The third-order valence-electron chi connectivity index (χ3n) is 8.88. The number of thioether (sulfide) groups is 1. The Morgan fingerprint density at radius 3 is 2.56 bits per heavy atom. The van der Waals surface area contributed by atoms with Crippen LogP contribution in [0.1, 0.15) is 52.4 Å². The van der Waals surface area contributed by atoms with E-state index in [2.05, 4.69) is 6.92 Å². The van der Waals surface area contributed by atoms with Crippen LogP contribution in [0.2, 0.25) is 0 Å². The second-order valence-corrected chi connectivity index (χ2v) is 10.4. The van der Waals surface area contributed by atoms with Crippen molar-refractivity contribution in [2.45, 2.75) is 58.5 Å². The van der Waals surface area contributed by atoms with Crippen LogP contribution in [0.4, 0.5) is 4.39 Å². The van der Waals surface area contributed by atoms with Crippen LogP contribution in [0.5, 0.6) is 0 Å². The number of fused-ring (bicyclic) bond motifs is 7. The average Bonchev–Trinajstić information content (AvgIpc) is 3.36. The molecule has 5 aliphatic carbocycles. The van der Waals surface area contributed by atoms with E-state index in [1.54, 1.807) is 11.8 Å². The summed E-state index contributed by atoms with van der Waals surface area (Å²) in [5.74, 6) is 2.19. The standard InChI is InChI=1S/C21H27FO2S/c1-20-7-6-12-10(14(20)9-16(22)19(20)24)4-5-13-18(25-3)17(23)11-8-15(11)21(12,13)2/h10-12,14-16H,4-9H2,1-3H3/t10-,11+,12+,14+,15?,16+,20+,21-/m1/s1. The van der Waals surface area contributed by atoms with E-state index >= 15 is 0 Å². The summed E-state index contributed by atoms with van der Waals surface area (Å²) in [5, 5.41) is 0. The highest BCUT2D eigenvalue weighted by atomic mass is 32.2. The molecule has 0 aliphatic heterocycles. The van der Waals surface area contributed by atoms with Gasteiger partial charge < -0.3 is 0 Å². The molecule has 0 aromatic heterocycles. The van der Waals surface area contributed by atoms with Gasteiger partial charge in [-0.2, -0.15) is 0 Å². The topological polar surface area (TPSA) is 34.1 Å². The fourth-order valence-electron chi connectivity index (χ4n) is 7.53. The first kappa shape index (κ1) is 16.5. The number of allylic oxidation sites excluding steroid dienone is 1. The minimum absolute atomic E-state index is 0.110. The van der Waals surface area contributed by atoms with E-state index in [-0.39, 0.29) is 23.0 Å². The quantitative estimate of drug-likeness (QED) is 0.684. The van der Waals surface area contributed by atoms with Gasteiger partial charge in [0, 0.05) is 11.3 Å². The summed E-state index contributed by atoms with van der Waals surface area (Å²) in [6, 6.07) is 0. The van der Waals surface area contributed by atoms with Crippen molar-refractivity contribution >= 4 is 23.3 Å². The van der Waals surface area contributed by atoms with Crippen molar-refractivity contribution < 1.29 is 14.0 Å². The summed E-state index contributed by atoms with van der Waals surface area (Å²) in [6.45, 7) is 4.43. The number of rotatable bonds is 1. The predicted molar refractivity (Wildman–Crippen MR) is 96.8 cm³/mol. The third kappa shape index (κ3) is 1.83. The molecule has 2 nitrogen and oxygen atoms in total. The first-order valence-electron chi connectivity index (χ1n) is 9.84. The van der Waals surface area contributed by atoms with Crippen molar-refractivity contribution in [2.75, 3.05) is 6.26 Å². The van der Waals surface area contributed by atoms with Gasteiger partial charge in [0.1, 0.15) is 0 Å². The Morgan fingerprint density at radius 2 is 1.84 bits per heavy atom. The van der Waals surface area contributed by atoms with Gasteiger partial charge in [-0.1, -0.05) is 13.8 Å². The molecule has 4 heteroatoms. The van der Waals surface area contributed by atoms with Gasteiger partial charge in [0.2, 0.25) is 0 Å². The van der Waals surface area contributed by atoms with Gasteiger partial charge in [0.05, 0.1) is 4.91 Å². The van der Waals surface area contributed by atoms with Crippen LogP contribution in [-0.4, -0.2) is 24.0 Å². The number of carbonyl (C=O) groups excluding carboxylic acids is 2. The van der Waals surface area contributed by atoms with Crippen LogP contribution in [0.3, 0.4) is 0 Å². The number of hydrogen-bond acceptors (Lipinski definition) is 3. The average molecular weight is 363 g/mol. The molecule has 25 heavy (non-hydrogen) atoms. The molecular weight excluding hydrogens is 335 g/mol. The van der Waals surface area contributed by atoms with Crippen LogP contribution in [0.15, 0.2) is 10.5 Å². The maximum absolute atomic E-state index is 14.3. The molecule has 5 rings (SSSR count). The van der Waals surface area contributed by atoms with Crippen LogP contribution >= 0.6 is 11.8 Å². The van der Waals surface area contributed by atoms with Gasteiger partial charge in [-0.05, 0) is 79.4 Å². The van der Waals surface area contributed by atoms with Gasteiger partial charge >= 0.3 is 0 Å². The lowest BCUT2D eigenvalue weighted by Gasteiger charge is -2.57. The lowest BCUT2D eigenvalue weighted by Crippen LogP contribution is -2.52. The molecule has 0 aromatic rings. The van der Waals surface area contributed by atoms with Gasteiger partial charge in [0.25, 0.3) is 0 Å². The summed E-state index contributed by atoms with van der Waals surface area (Å²) >= 11 is 1.64. The molecule has 0 bridgehead atoms. The zero-order valence-electron chi connectivity index (χ0n) is 15.3. The van der Waals surface area contributed by atoms with Crippen molar-refractivity contribution in [3.05, 3.63) is 10.5 Å². The van der Waals surface area contributed by atoms with Gasteiger partial charge in [-0.25, -0.2) is 4.39 Å². The lowest BCUT2D eigenvalue weighted by atomic mass is 9.47. The highest BCUT2D eigenvalue weighted by molar-refractivity contribution is 8.03. The molecule has 4 fully saturated rings. The summed E-state index contributed by atoms with van der Waals surface area (Å²) in [6.07, 6.45) is 6.13. The van der Waals surface area contributed by atoms with Crippen molar-refractivity contribution in [3.63, 3.8) is 0 Å². The van der Waals surface area contributed by atoms with E-state index in [4.69, 9.17) is 0 Å². The Balaban J connectivity index is 1.58. The molecule has 0 N–H and O–H groups in total. The van der Waals surface area contributed by atoms with Crippen molar-refractivity contribution in [1.29, 1.82) is 0 Å². The number of alkyl halides is 1. The number of Topliss-reactive ketones (excluding diaryl/α,β-unsaturated/α-hetero) is 2. The normalized spacial score (nSPS) is 53.9. The molecule has 8 atom stereocenters. The Kier molecular flexibility index (Phi) is 3.30. The summed E-state index contributed by atoms with van der Waals surface area (Å²) in [5.41, 5.74) is 1.08. The number of carbonyl (C=O) groups is 2. The summed E-state index contributed by atoms with van der Waals surface area (Å²) in [4.78, 5) is 26.2. The molecule has 0 aromatic carbocycles. The SMILES string of the molecule is CSC1=C2CC[C@H]3[C@@H]4C[C@H](F)C(=O)[C@@]4(C)CC[C@@H]3[C@@]2(C)C2C[C@@H]2C1=O. The molecule has 5 aliphatic rings. The van der Waals surface area contributed by atoms with Crippen LogP contribution < -0.4 is 0 Å². The van der Waals surface area contributed by atoms with Crippen LogP contribution in [0.25, 0.3) is 0 Å². The van der Waals surface area contributed by atoms with E-state index in [0.717, 1.165) is 37.0 Å². The van der Waals surface area contributed by atoms with Crippen molar-refractivity contribution in [1.82, 2.24) is 0 Å². The zero-order valence-corrected chi connectivity index (χ0v) is 16.1. The minimum Gasteiger partial charge on any atom is -0.296 e. The molecular formula is C21H27FO2S.